The Labute approximate surface area is 126 Å². The zero-order valence-electron chi connectivity index (χ0n) is 12.0. The van der Waals surface area contributed by atoms with Crippen molar-refractivity contribution in [1.29, 1.82) is 0 Å². The summed E-state index contributed by atoms with van der Waals surface area (Å²) in [7, 11) is 0. The van der Waals surface area contributed by atoms with Crippen molar-refractivity contribution < 1.29 is 0 Å². The number of aryl methyl sites for hydroxylation is 1. The second-order valence-corrected chi connectivity index (χ2v) is 4.91. The fourth-order valence-corrected chi connectivity index (χ4v) is 2.53. The van der Waals surface area contributed by atoms with E-state index in [2.05, 4.69) is 54.4 Å². The summed E-state index contributed by atoms with van der Waals surface area (Å²) in [5, 5.41) is 4.10. The molecule has 2 nitrogen and oxygen atoms in total. The molecule has 0 unspecified atom stereocenters. The Morgan fingerprint density at radius 2 is 1.65 bits per heavy atom. The van der Waals surface area contributed by atoms with E-state index in [1.807, 2.05) is 24.3 Å². The van der Waals surface area contributed by atoms with Crippen LogP contribution in [0.5, 0.6) is 0 Å². The van der Waals surface area contributed by atoms with E-state index in [0.29, 0.717) is 0 Å². The lowest BCUT2D eigenvalue weighted by Gasteiger charge is -2.25. The van der Waals surface area contributed by atoms with E-state index in [1.54, 1.807) is 0 Å². The molecule has 0 heterocycles. The molecular weight excluding hydrogens is 264 g/mol. The van der Waals surface area contributed by atoms with Crippen molar-refractivity contribution in [2.45, 2.75) is 20.3 Å². The summed E-state index contributed by atoms with van der Waals surface area (Å²) in [4.78, 5) is 2.10. The molecule has 0 saturated heterocycles. The summed E-state index contributed by atoms with van der Waals surface area (Å²) in [6.45, 7) is 5.09. The number of benzene rings is 2. The normalized spacial score (nSPS) is 10.1. The van der Waals surface area contributed by atoms with Crippen LogP contribution < -0.4 is 10.2 Å². The second kappa shape index (κ2) is 7.06. The maximum Gasteiger partial charge on any atom is 0.177 e. The predicted octanol–water partition coefficient (Wildman–Crippen LogP) is 4.47. The lowest BCUT2D eigenvalue weighted by atomic mass is 10.1. The first kappa shape index (κ1) is 14.5. The lowest BCUT2D eigenvalue weighted by Crippen LogP contribution is -2.34. The standard InChI is InChI=1S/C17H20N2S/c1-3-14-10-8-9-13-16(14)18-17(20)19(4-2)15-11-6-5-7-12-15/h5-13H,3-4H2,1-2H3,(H,18,20). The molecule has 0 aliphatic carbocycles. The molecule has 2 aromatic carbocycles. The highest BCUT2D eigenvalue weighted by Gasteiger charge is 2.10. The Kier molecular flexibility index (Phi) is 5.13. The number of thiocarbonyl (C=S) groups is 1. The Bertz CT molecular complexity index is 566. The number of anilines is 2. The second-order valence-electron chi connectivity index (χ2n) is 4.52. The van der Waals surface area contributed by atoms with Gasteiger partial charge in [0.2, 0.25) is 0 Å². The first-order valence-corrected chi connectivity index (χ1v) is 7.38. The van der Waals surface area contributed by atoms with E-state index in [0.717, 1.165) is 29.5 Å². The molecule has 2 rings (SSSR count). The number of nitrogens with zero attached hydrogens (tertiary/aromatic N) is 1. The van der Waals surface area contributed by atoms with Crippen LogP contribution in [0.4, 0.5) is 11.4 Å². The highest BCUT2D eigenvalue weighted by Crippen LogP contribution is 2.19. The molecule has 0 aliphatic heterocycles. The van der Waals surface area contributed by atoms with Crippen molar-refractivity contribution in [2.75, 3.05) is 16.8 Å². The van der Waals surface area contributed by atoms with Crippen molar-refractivity contribution in [1.82, 2.24) is 0 Å². The first-order chi connectivity index (χ1) is 9.76. The van der Waals surface area contributed by atoms with Gasteiger partial charge < -0.3 is 10.2 Å². The van der Waals surface area contributed by atoms with E-state index in [4.69, 9.17) is 12.2 Å². The van der Waals surface area contributed by atoms with Crippen LogP contribution in [0.3, 0.4) is 0 Å². The maximum atomic E-state index is 5.56. The van der Waals surface area contributed by atoms with E-state index < -0.39 is 0 Å². The van der Waals surface area contributed by atoms with Crippen molar-refractivity contribution in [3.63, 3.8) is 0 Å². The van der Waals surface area contributed by atoms with Crippen LogP contribution in [0, 0.1) is 0 Å². The van der Waals surface area contributed by atoms with Gasteiger partial charge in [-0.2, -0.15) is 0 Å². The van der Waals surface area contributed by atoms with Crippen LogP contribution >= 0.6 is 12.2 Å². The summed E-state index contributed by atoms with van der Waals surface area (Å²) < 4.78 is 0. The average Bonchev–Trinajstić information content (AvgIpc) is 2.49. The molecule has 20 heavy (non-hydrogen) atoms. The predicted molar refractivity (Wildman–Crippen MR) is 91.5 cm³/mol. The van der Waals surface area contributed by atoms with Gasteiger partial charge in [0.05, 0.1) is 0 Å². The van der Waals surface area contributed by atoms with Crippen LogP contribution in [0.25, 0.3) is 0 Å². The minimum Gasteiger partial charge on any atom is -0.332 e. The monoisotopic (exact) mass is 284 g/mol. The molecule has 0 saturated carbocycles. The van der Waals surface area contributed by atoms with Crippen molar-refractivity contribution in [2.24, 2.45) is 0 Å². The van der Waals surface area contributed by atoms with Crippen molar-refractivity contribution >= 4 is 28.7 Å². The summed E-state index contributed by atoms with van der Waals surface area (Å²) in [6.07, 6.45) is 0.989. The molecule has 0 spiro atoms. The lowest BCUT2D eigenvalue weighted by molar-refractivity contribution is 1.06. The van der Waals surface area contributed by atoms with E-state index >= 15 is 0 Å². The molecule has 2 aromatic rings. The van der Waals surface area contributed by atoms with Gasteiger partial charge in [-0.1, -0.05) is 43.3 Å². The van der Waals surface area contributed by atoms with E-state index in [9.17, 15) is 0 Å². The quantitative estimate of drug-likeness (QED) is 0.834. The zero-order chi connectivity index (χ0) is 14.4. The zero-order valence-corrected chi connectivity index (χ0v) is 12.8. The largest absolute Gasteiger partial charge is 0.332 e. The summed E-state index contributed by atoms with van der Waals surface area (Å²) >= 11 is 5.56. The van der Waals surface area contributed by atoms with Gasteiger partial charge in [0.15, 0.2) is 5.11 Å². The number of hydrogen-bond donors (Lipinski definition) is 1. The average molecular weight is 284 g/mol. The fourth-order valence-electron chi connectivity index (χ4n) is 2.18. The van der Waals surface area contributed by atoms with Crippen LogP contribution in [0.2, 0.25) is 0 Å². The van der Waals surface area contributed by atoms with Gasteiger partial charge in [-0.3, -0.25) is 0 Å². The minimum absolute atomic E-state index is 0.736. The van der Waals surface area contributed by atoms with Crippen LogP contribution in [-0.4, -0.2) is 11.7 Å². The third-order valence-electron chi connectivity index (χ3n) is 3.27. The topological polar surface area (TPSA) is 15.3 Å². The van der Waals surface area contributed by atoms with Gasteiger partial charge in [-0.05, 0) is 49.3 Å². The third-order valence-corrected chi connectivity index (χ3v) is 3.59. The molecule has 3 heteroatoms. The number of nitrogens with one attached hydrogen (secondary N) is 1. The van der Waals surface area contributed by atoms with Crippen LogP contribution in [0.15, 0.2) is 54.6 Å². The molecule has 0 bridgehead atoms. The minimum atomic E-state index is 0.736. The Morgan fingerprint density at radius 1 is 1.00 bits per heavy atom. The third kappa shape index (κ3) is 3.36. The fraction of sp³-hybridized carbons (Fsp3) is 0.235. The van der Waals surface area contributed by atoms with Crippen LogP contribution in [0.1, 0.15) is 19.4 Å². The van der Waals surface area contributed by atoms with Gasteiger partial charge in [0.1, 0.15) is 0 Å². The number of para-hydroxylation sites is 2. The summed E-state index contributed by atoms with van der Waals surface area (Å²) in [5.41, 5.74) is 3.48. The SMILES string of the molecule is CCc1ccccc1NC(=S)N(CC)c1ccccc1. The first-order valence-electron chi connectivity index (χ1n) is 6.97. The van der Waals surface area contributed by atoms with Gasteiger partial charge in [0, 0.05) is 17.9 Å². The van der Waals surface area contributed by atoms with Crippen molar-refractivity contribution in [3.8, 4) is 0 Å². The molecule has 104 valence electrons. The highest BCUT2D eigenvalue weighted by atomic mass is 32.1. The van der Waals surface area contributed by atoms with E-state index in [-0.39, 0.29) is 0 Å². The van der Waals surface area contributed by atoms with Gasteiger partial charge in [-0.25, -0.2) is 0 Å². The molecule has 0 aromatic heterocycles. The highest BCUT2D eigenvalue weighted by molar-refractivity contribution is 7.80. The molecule has 0 amide bonds. The summed E-state index contributed by atoms with van der Waals surface area (Å²) in [5.74, 6) is 0. The maximum absolute atomic E-state index is 5.56. The Morgan fingerprint density at radius 3 is 2.30 bits per heavy atom. The number of hydrogen-bond acceptors (Lipinski definition) is 1. The van der Waals surface area contributed by atoms with Crippen molar-refractivity contribution in [3.05, 3.63) is 60.2 Å². The smallest absolute Gasteiger partial charge is 0.177 e. The van der Waals surface area contributed by atoms with Gasteiger partial charge >= 0.3 is 0 Å². The molecular formula is C17H20N2S. The molecule has 0 radical (unpaired) electrons. The number of rotatable bonds is 4. The molecule has 0 fully saturated rings. The van der Waals surface area contributed by atoms with E-state index in [1.165, 1.54) is 5.56 Å². The molecule has 0 atom stereocenters. The Hall–Kier alpha value is -1.87. The van der Waals surface area contributed by atoms with Gasteiger partial charge in [-0.15, -0.1) is 0 Å². The summed E-state index contributed by atoms with van der Waals surface area (Å²) in [6, 6.07) is 18.5. The molecule has 1 N–H and O–H groups in total. The van der Waals surface area contributed by atoms with Gasteiger partial charge in [0.25, 0.3) is 0 Å². The van der Waals surface area contributed by atoms with Crippen LogP contribution in [-0.2, 0) is 6.42 Å². The molecule has 0 aliphatic rings. The Balaban J connectivity index is 2.18.